The molecule has 1 N–H and O–H groups in total. The zero-order valence-electron chi connectivity index (χ0n) is 12.7. The molecule has 21 heavy (non-hydrogen) atoms. The van der Waals surface area contributed by atoms with Crippen LogP contribution in [-0.4, -0.2) is 40.6 Å². The number of piperidine rings is 1. The first-order valence-electron chi connectivity index (χ1n) is 7.46. The highest BCUT2D eigenvalue weighted by Gasteiger charge is 2.26. The standard InChI is InChI=1S/C17H22N2O2/c1-13-6-7-19(12-14(13)2)17(21)16-9-15(10-18-11-16)5-3-4-8-20/h9-11,13-14,20H,4,6-8,12H2,1-2H3. The summed E-state index contributed by atoms with van der Waals surface area (Å²) in [6.45, 7) is 6.10. The van der Waals surface area contributed by atoms with Gasteiger partial charge in [0.25, 0.3) is 5.91 Å². The van der Waals surface area contributed by atoms with E-state index in [0.29, 0.717) is 29.4 Å². The van der Waals surface area contributed by atoms with Crippen molar-refractivity contribution in [2.24, 2.45) is 11.8 Å². The number of hydrogen-bond acceptors (Lipinski definition) is 3. The maximum absolute atomic E-state index is 12.5. The third-order valence-electron chi connectivity index (χ3n) is 4.08. The maximum atomic E-state index is 12.5. The molecule has 1 amide bonds. The molecule has 1 aliphatic rings. The average molecular weight is 286 g/mol. The normalized spacial score (nSPS) is 21.6. The SMILES string of the molecule is CC1CCN(C(=O)c2cncc(C#CCCO)c2)CC1C. The van der Waals surface area contributed by atoms with Crippen LogP contribution >= 0.6 is 0 Å². The molecule has 4 nitrogen and oxygen atoms in total. The molecule has 1 aromatic heterocycles. The van der Waals surface area contributed by atoms with Gasteiger partial charge in [-0.05, 0) is 24.3 Å². The van der Waals surface area contributed by atoms with Crippen LogP contribution in [0.15, 0.2) is 18.5 Å². The highest BCUT2D eigenvalue weighted by molar-refractivity contribution is 5.94. The number of rotatable bonds is 2. The fourth-order valence-electron chi connectivity index (χ4n) is 2.48. The van der Waals surface area contributed by atoms with E-state index in [0.717, 1.165) is 19.5 Å². The van der Waals surface area contributed by atoms with Crippen LogP contribution < -0.4 is 0 Å². The molecule has 2 atom stereocenters. The summed E-state index contributed by atoms with van der Waals surface area (Å²) in [6, 6.07) is 1.78. The van der Waals surface area contributed by atoms with Crippen molar-refractivity contribution in [1.29, 1.82) is 0 Å². The van der Waals surface area contributed by atoms with Gasteiger partial charge in [0.05, 0.1) is 12.2 Å². The van der Waals surface area contributed by atoms with Crippen molar-refractivity contribution in [3.05, 3.63) is 29.6 Å². The molecular formula is C17H22N2O2. The molecule has 0 aromatic carbocycles. The lowest BCUT2D eigenvalue weighted by molar-refractivity contribution is 0.0627. The van der Waals surface area contributed by atoms with E-state index in [9.17, 15) is 4.79 Å². The minimum atomic E-state index is 0.0343. The zero-order chi connectivity index (χ0) is 15.2. The Morgan fingerprint density at radius 1 is 1.43 bits per heavy atom. The molecule has 0 bridgehead atoms. The number of aromatic nitrogens is 1. The van der Waals surface area contributed by atoms with Gasteiger partial charge < -0.3 is 10.0 Å². The monoisotopic (exact) mass is 286 g/mol. The van der Waals surface area contributed by atoms with Crippen molar-refractivity contribution in [1.82, 2.24) is 9.88 Å². The summed E-state index contributed by atoms with van der Waals surface area (Å²) in [6.07, 6.45) is 4.72. The van der Waals surface area contributed by atoms with E-state index in [1.807, 2.05) is 4.90 Å². The van der Waals surface area contributed by atoms with E-state index < -0.39 is 0 Å². The molecule has 0 spiro atoms. The zero-order valence-corrected chi connectivity index (χ0v) is 12.7. The lowest BCUT2D eigenvalue weighted by Gasteiger charge is -2.35. The van der Waals surface area contributed by atoms with Crippen molar-refractivity contribution in [2.45, 2.75) is 26.7 Å². The Kier molecular flexibility index (Phi) is 5.35. The van der Waals surface area contributed by atoms with E-state index >= 15 is 0 Å². The smallest absolute Gasteiger partial charge is 0.255 e. The fraction of sp³-hybridized carbons (Fsp3) is 0.529. The van der Waals surface area contributed by atoms with Gasteiger partial charge in [-0.15, -0.1) is 0 Å². The van der Waals surface area contributed by atoms with Gasteiger partial charge in [-0.2, -0.15) is 0 Å². The van der Waals surface area contributed by atoms with Crippen molar-refractivity contribution in [3.8, 4) is 11.8 Å². The van der Waals surface area contributed by atoms with E-state index in [-0.39, 0.29) is 12.5 Å². The average Bonchev–Trinajstić information content (AvgIpc) is 2.50. The van der Waals surface area contributed by atoms with Gasteiger partial charge in [0, 0.05) is 37.5 Å². The summed E-state index contributed by atoms with van der Waals surface area (Å²) in [4.78, 5) is 18.5. The molecule has 1 fully saturated rings. The number of amides is 1. The van der Waals surface area contributed by atoms with Crippen LogP contribution in [0.25, 0.3) is 0 Å². The second kappa shape index (κ2) is 7.24. The highest BCUT2D eigenvalue weighted by Crippen LogP contribution is 2.23. The van der Waals surface area contributed by atoms with Crippen molar-refractivity contribution in [3.63, 3.8) is 0 Å². The number of carbonyl (C=O) groups is 1. The van der Waals surface area contributed by atoms with Gasteiger partial charge in [-0.3, -0.25) is 9.78 Å². The predicted octanol–water partition coefficient (Wildman–Crippen LogP) is 1.93. The van der Waals surface area contributed by atoms with Crippen LogP contribution in [0.5, 0.6) is 0 Å². The second-order valence-electron chi connectivity index (χ2n) is 5.73. The Labute approximate surface area is 126 Å². The number of aliphatic hydroxyl groups excluding tert-OH is 1. The van der Waals surface area contributed by atoms with E-state index in [2.05, 4.69) is 30.7 Å². The number of aliphatic hydroxyl groups is 1. The molecular weight excluding hydrogens is 264 g/mol. The largest absolute Gasteiger partial charge is 0.395 e. The van der Waals surface area contributed by atoms with Gasteiger partial charge in [-0.25, -0.2) is 0 Å². The molecule has 1 aliphatic heterocycles. The third kappa shape index (κ3) is 4.05. The van der Waals surface area contributed by atoms with Crippen LogP contribution in [0.1, 0.15) is 42.6 Å². The van der Waals surface area contributed by atoms with Gasteiger partial charge in [0.15, 0.2) is 0 Å². The number of likely N-dealkylation sites (tertiary alicyclic amines) is 1. The second-order valence-corrected chi connectivity index (χ2v) is 5.73. The number of carbonyl (C=O) groups excluding carboxylic acids is 1. The number of nitrogens with zero attached hydrogens (tertiary/aromatic N) is 2. The first-order valence-corrected chi connectivity index (χ1v) is 7.46. The molecule has 2 rings (SSSR count). The Hall–Kier alpha value is -1.86. The molecule has 1 aromatic rings. The molecule has 0 aliphatic carbocycles. The third-order valence-corrected chi connectivity index (χ3v) is 4.08. The summed E-state index contributed by atoms with van der Waals surface area (Å²) in [7, 11) is 0. The maximum Gasteiger partial charge on any atom is 0.255 e. The molecule has 1 saturated heterocycles. The van der Waals surface area contributed by atoms with Crippen LogP contribution in [0.4, 0.5) is 0 Å². The lowest BCUT2D eigenvalue weighted by Crippen LogP contribution is -2.42. The van der Waals surface area contributed by atoms with Crippen molar-refractivity contribution >= 4 is 5.91 Å². The first kappa shape index (κ1) is 15.5. The van der Waals surface area contributed by atoms with Gasteiger partial charge in [0.1, 0.15) is 0 Å². The Morgan fingerprint density at radius 2 is 2.24 bits per heavy atom. The number of hydrogen-bond donors (Lipinski definition) is 1. The predicted molar refractivity (Wildman–Crippen MR) is 81.7 cm³/mol. The fourth-order valence-corrected chi connectivity index (χ4v) is 2.48. The summed E-state index contributed by atoms with van der Waals surface area (Å²) in [5.74, 6) is 7.00. The first-order chi connectivity index (χ1) is 10.1. The molecule has 0 radical (unpaired) electrons. The molecule has 112 valence electrons. The number of pyridine rings is 1. The highest BCUT2D eigenvalue weighted by atomic mass is 16.2. The minimum Gasteiger partial charge on any atom is -0.395 e. The summed E-state index contributed by atoms with van der Waals surface area (Å²) >= 11 is 0. The molecule has 2 unspecified atom stereocenters. The van der Waals surface area contributed by atoms with Gasteiger partial charge >= 0.3 is 0 Å². The van der Waals surface area contributed by atoms with Crippen molar-refractivity contribution in [2.75, 3.05) is 19.7 Å². The minimum absolute atomic E-state index is 0.0343. The molecule has 0 saturated carbocycles. The summed E-state index contributed by atoms with van der Waals surface area (Å²) in [5.41, 5.74) is 1.31. The summed E-state index contributed by atoms with van der Waals surface area (Å²) in [5, 5.41) is 8.72. The Bertz CT molecular complexity index is 559. The van der Waals surface area contributed by atoms with E-state index in [1.165, 1.54) is 0 Å². The van der Waals surface area contributed by atoms with Gasteiger partial charge in [-0.1, -0.05) is 25.7 Å². The topological polar surface area (TPSA) is 53.4 Å². The van der Waals surface area contributed by atoms with Crippen LogP contribution in [0.3, 0.4) is 0 Å². The van der Waals surface area contributed by atoms with Crippen LogP contribution in [0, 0.1) is 23.7 Å². The van der Waals surface area contributed by atoms with Crippen LogP contribution in [0.2, 0.25) is 0 Å². The molecule has 2 heterocycles. The quantitative estimate of drug-likeness (QED) is 0.845. The van der Waals surface area contributed by atoms with Crippen molar-refractivity contribution < 1.29 is 9.90 Å². The Balaban J connectivity index is 2.09. The molecule has 4 heteroatoms. The van der Waals surface area contributed by atoms with Crippen LogP contribution in [-0.2, 0) is 0 Å². The Morgan fingerprint density at radius 3 is 2.95 bits per heavy atom. The van der Waals surface area contributed by atoms with E-state index in [4.69, 9.17) is 5.11 Å². The van der Waals surface area contributed by atoms with Gasteiger partial charge in [0.2, 0.25) is 0 Å². The lowest BCUT2D eigenvalue weighted by atomic mass is 9.88. The summed E-state index contributed by atoms with van der Waals surface area (Å²) < 4.78 is 0. The van der Waals surface area contributed by atoms with E-state index in [1.54, 1.807) is 18.5 Å².